The smallest absolute Gasteiger partial charge is 0.0887 e. The van der Waals surface area contributed by atoms with Crippen molar-refractivity contribution in [3.05, 3.63) is 30.1 Å². The fourth-order valence-corrected chi connectivity index (χ4v) is 2.35. The minimum atomic E-state index is 0.651. The first kappa shape index (κ1) is 17.2. The van der Waals surface area contributed by atoms with Gasteiger partial charge in [0.2, 0.25) is 0 Å². The summed E-state index contributed by atoms with van der Waals surface area (Å²) in [6.07, 6.45) is 15.5. The van der Waals surface area contributed by atoms with Crippen LogP contribution in [0.4, 0.5) is 0 Å². The molecule has 0 aliphatic rings. The summed E-state index contributed by atoms with van der Waals surface area (Å²) in [5, 5.41) is 0. The Labute approximate surface area is 125 Å². The largest absolute Gasteiger partial charge is 0.375 e. The van der Waals surface area contributed by atoms with Gasteiger partial charge in [-0.25, -0.2) is 0 Å². The lowest BCUT2D eigenvalue weighted by Gasteiger charge is -2.04. The summed E-state index contributed by atoms with van der Waals surface area (Å²) >= 11 is 0. The van der Waals surface area contributed by atoms with Crippen molar-refractivity contribution in [2.75, 3.05) is 6.61 Å². The van der Waals surface area contributed by atoms with E-state index in [2.05, 4.69) is 11.9 Å². The molecule has 0 spiro atoms. The predicted octanol–water partition coefficient (Wildman–Crippen LogP) is 5.52. The molecule has 0 saturated heterocycles. The number of unbranched alkanes of at least 4 members (excludes halogenated alkanes) is 9. The van der Waals surface area contributed by atoms with Crippen LogP contribution in [0.25, 0.3) is 0 Å². The highest BCUT2D eigenvalue weighted by Gasteiger charge is 1.95. The molecule has 1 aromatic rings. The summed E-state index contributed by atoms with van der Waals surface area (Å²) in [7, 11) is 0. The van der Waals surface area contributed by atoms with Gasteiger partial charge in [0, 0.05) is 12.8 Å². The second-order valence-electron chi connectivity index (χ2n) is 5.56. The number of pyridine rings is 1. The van der Waals surface area contributed by atoms with Gasteiger partial charge in [-0.3, -0.25) is 4.98 Å². The third-order valence-corrected chi connectivity index (χ3v) is 3.62. The molecule has 0 saturated carbocycles. The Morgan fingerprint density at radius 1 is 0.850 bits per heavy atom. The molecule has 2 nitrogen and oxygen atoms in total. The second kappa shape index (κ2) is 13.1. The molecular weight excluding hydrogens is 246 g/mol. The normalized spacial score (nSPS) is 10.8. The number of hydrogen-bond acceptors (Lipinski definition) is 2. The Morgan fingerprint density at radius 3 is 2.10 bits per heavy atom. The van der Waals surface area contributed by atoms with Crippen LogP contribution in [0, 0.1) is 0 Å². The first-order valence-corrected chi connectivity index (χ1v) is 8.41. The first-order valence-electron chi connectivity index (χ1n) is 8.41. The minimum absolute atomic E-state index is 0.651. The van der Waals surface area contributed by atoms with Crippen molar-refractivity contribution in [1.29, 1.82) is 0 Å². The van der Waals surface area contributed by atoms with Gasteiger partial charge in [-0.2, -0.15) is 0 Å². The average Bonchev–Trinajstić information content (AvgIpc) is 2.49. The Morgan fingerprint density at radius 2 is 1.50 bits per heavy atom. The van der Waals surface area contributed by atoms with E-state index in [1.165, 1.54) is 64.2 Å². The molecule has 0 amide bonds. The standard InChI is InChI=1S/C18H31NO/c1-2-3-4-5-6-7-8-9-10-13-16-20-17-18-14-11-12-15-19-18/h11-12,14-15H,2-10,13,16-17H2,1H3. The van der Waals surface area contributed by atoms with Gasteiger partial charge in [-0.05, 0) is 18.6 Å². The van der Waals surface area contributed by atoms with Crippen LogP contribution >= 0.6 is 0 Å². The maximum Gasteiger partial charge on any atom is 0.0887 e. The molecule has 0 aliphatic carbocycles. The maximum absolute atomic E-state index is 5.63. The van der Waals surface area contributed by atoms with Gasteiger partial charge >= 0.3 is 0 Å². The van der Waals surface area contributed by atoms with Crippen LogP contribution in [0.5, 0.6) is 0 Å². The molecule has 0 bridgehead atoms. The predicted molar refractivity (Wildman–Crippen MR) is 85.7 cm³/mol. The minimum Gasteiger partial charge on any atom is -0.375 e. The lowest BCUT2D eigenvalue weighted by Crippen LogP contribution is -1.97. The van der Waals surface area contributed by atoms with Crippen molar-refractivity contribution < 1.29 is 4.74 Å². The number of rotatable bonds is 13. The highest BCUT2D eigenvalue weighted by Crippen LogP contribution is 2.10. The molecule has 1 aromatic heterocycles. The molecular formula is C18H31NO. The highest BCUT2D eigenvalue weighted by atomic mass is 16.5. The van der Waals surface area contributed by atoms with E-state index in [4.69, 9.17) is 4.74 Å². The van der Waals surface area contributed by atoms with E-state index in [9.17, 15) is 0 Å². The van der Waals surface area contributed by atoms with Crippen molar-refractivity contribution in [2.24, 2.45) is 0 Å². The summed E-state index contributed by atoms with van der Waals surface area (Å²) in [6, 6.07) is 5.95. The molecule has 1 heterocycles. The fraction of sp³-hybridized carbons (Fsp3) is 0.722. The van der Waals surface area contributed by atoms with Gasteiger partial charge < -0.3 is 4.74 Å². The van der Waals surface area contributed by atoms with E-state index >= 15 is 0 Å². The molecule has 0 unspecified atom stereocenters. The summed E-state index contributed by atoms with van der Waals surface area (Å²) in [5.74, 6) is 0. The van der Waals surface area contributed by atoms with Crippen molar-refractivity contribution in [2.45, 2.75) is 77.7 Å². The third-order valence-electron chi connectivity index (χ3n) is 3.62. The summed E-state index contributed by atoms with van der Waals surface area (Å²) in [5.41, 5.74) is 1.03. The first-order chi connectivity index (χ1) is 9.93. The lowest BCUT2D eigenvalue weighted by atomic mass is 10.1. The Hall–Kier alpha value is -0.890. The van der Waals surface area contributed by atoms with Gasteiger partial charge in [0.25, 0.3) is 0 Å². The average molecular weight is 277 g/mol. The molecule has 0 fully saturated rings. The number of hydrogen-bond donors (Lipinski definition) is 0. The Bertz CT molecular complexity index is 300. The molecule has 0 aromatic carbocycles. The van der Waals surface area contributed by atoms with Gasteiger partial charge in [0.05, 0.1) is 12.3 Å². The number of nitrogens with zero attached hydrogens (tertiary/aromatic N) is 1. The van der Waals surface area contributed by atoms with E-state index in [0.717, 1.165) is 12.3 Å². The van der Waals surface area contributed by atoms with Crippen LogP contribution in [-0.4, -0.2) is 11.6 Å². The summed E-state index contributed by atoms with van der Waals surface area (Å²) in [4.78, 5) is 4.24. The molecule has 0 radical (unpaired) electrons. The van der Waals surface area contributed by atoms with Crippen molar-refractivity contribution >= 4 is 0 Å². The summed E-state index contributed by atoms with van der Waals surface area (Å²) in [6.45, 7) is 3.79. The molecule has 2 heteroatoms. The van der Waals surface area contributed by atoms with Crippen LogP contribution in [0.15, 0.2) is 24.4 Å². The fourth-order valence-electron chi connectivity index (χ4n) is 2.35. The summed E-state index contributed by atoms with van der Waals surface area (Å²) < 4.78 is 5.63. The van der Waals surface area contributed by atoms with E-state index in [-0.39, 0.29) is 0 Å². The van der Waals surface area contributed by atoms with Crippen LogP contribution in [0.3, 0.4) is 0 Å². The molecule has 1 rings (SSSR count). The van der Waals surface area contributed by atoms with E-state index in [1.807, 2.05) is 24.4 Å². The third kappa shape index (κ3) is 9.96. The monoisotopic (exact) mass is 277 g/mol. The van der Waals surface area contributed by atoms with Crippen molar-refractivity contribution in [1.82, 2.24) is 4.98 Å². The topological polar surface area (TPSA) is 22.1 Å². The van der Waals surface area contributed by atoms with Gasteiger partial charge in [0.15, 0.2) is 0 Å². The van der Waals surface area contributed by atoms with Crippen LogP contribution in [0.1, 0.15) is 76.8 Å². The van der Waals surface area contributed by atoms with Gasteiger partial charge in [-0.15, -0.1) is 0 Å². The molecule has 0 atom stereocenters. The van der Waals surface area contributed by atoms with Crippen LogP contribution in [0.2, 0.25) is 0 Å². The van der Waals surface area contributed by atoms with Gasteiger partial charge in [-0.1, -0.05) is 70.8 Å². The number of ether oxygens (including phenoxy) is 1. The van der Waals surface area contributed by atoms with Crippen LogP contribution < -0.4 is 0 Å². The van der Waals surface area contributed by atoms with Crippen LogP contribution in [-0.2, 0) is 11.3 Å². The van der Waals surface area contributed by atoms with E-state index in [0.29, 0.717) is 6.61 Å². The van der Waals surface area contributed by atoms with Crippen molar-refractivity contribution in [3.8, 4) is 0 Å². The maximum atomic E-state index is 5.63. The number of aromatic nitrogens is 1. The zero-order chi connectivity index (χ0) is 14.3. The zero-order valence-corrected chi connectivity index (χ0v) is 13.2. The second-order valence-corrected chi connectivity index (χ2v) is 5.56. The zero-order valence-electron chi connectivity index (χ0n) is 13.2. The van der Waals surface area contributed by atoms with Gasteiger partial charge in [0.1, 0.15) is 0 Å². The van der Waals surface area contributed by atoms with Crippen molar-refractivity contribution in [3.63, 3.8) is 0 Å². The quantitative estimate of drug-likeness (QED) is 0.443. The molecule has 0 aliphatic heterocycles. The Kier molecular flexibility index (Phi) is 11.2. The molecule has 114 valence electrons. The van der Waals surface area contributed by atoms with E-state index in [1.54, 1.807) is 0 Å². The van der Waals surface area contributed by atoms with E-state index < -0.39 is 0 Å². The molecule has 20 heavy (non-hydrogen) atoms. The SMILES string of the molecule is CCCCCCCCCCCCOCc1ccccn1. The Balaban J connectivity index is 1.77. The molecule has 0 N–H and O–H groups in total. The highest BCUT2D eigenvalue weighted by molar-refractivity contribution is 5.01. The lowest BCUT2D eigenvalue weighted by molar-refractivity contribution is 0.114.